The van der Waals surface area contributed by atoms with Gasteiger partial charge in [0.15, 0.2) is 8.32 Å². The van der Waals surface area contributed by atoms with Gasteiger partial charge in [-0.2, -0.15) is 0 Å². The lowest BCUT2D eigenvalue weighted by atomic mass is 9.86. The molecule has 0 amide bonds. The Kier molecular flexibility index (Phi) is 5.08. The van der Waals surface area contributed by atoms with E-state index in [0.29, 0.717) is 0 Å². The molecule has 1 nitrogen and oxygen atoms in total. The van der Waals surface area contributed by atoms with Crippen LogP contribution in [0, 0.1) is 0 Å². The molecule has 0 aliphatic carbocycles. The van der Waals surface area contributed by atoms with E-state index in [9.17, 15) is 0 Å². The van der Waals surface area contributed by atoms with Crippen molar-refractivity contribution in [2.45, 2.75) is 58.2 Å². The molecule has 1 aromatic carbocycles. The molecule has 0 unspecified atom stereocenters. The minimum atomic E-state index is -1.67. The highest BCUT2D eigenvalue weighted by Crippen LogP contribution is 2.38. The van der Waals surface area contributed by atoms with Crippen LogP contribution in [0.5, 0.6) is 0 Å². The van der Waals surface area contributed by atoms with Gasteiger partial charge >= 0.3 is 0 Å². The molecular formula is C16H27BrOSi. The molecule has 0 heterocycles. The molecule has 0 spiro atoms. The Morgan fingerprint density at radius 1 is 1.11 bits per heavy atom. The van der Waals surface area contributed by atoms with Crippen LogP contribution in [0.25, 0.3) is 0 Å². The van der Waals surface area contributed by atoms with E-state index in [1.807, 2.05) is 0 Å². The van der Waals surface area contributed by atoms with Crippen LogP contribution in [0.3, 0.4) is 0 Å². The zero-order chi connectivity index (χ0) is 14.9. The molecule has 0 aliphatic heterocycles. The molecule has 0 radical (unpaired) electrons. The summed E-state index contributed by atoms with van der Waals surface area (Å²) in [7, 11) is -1.67. The predicted molar refractivity (Wildman–Crippen MR) is 90.3 cm³/mol. The molecule has 0 aliphatic rings. The van der Waals surface area contributed by atoms with Crippen molar-refractivity contribution in [2.75, 3.05) is 6.61 Å². The van der Waals surface area contributed by atoms with E-state index in [4.69, 9.17) is 4.43 Å². The summed E-state index contributed by atoms with van der Waals surface area (Å²) >= 11 is 3.54. The van der Waals surface area contributed by atoms with Gasteiger partial charge < -0.3 is 4.43 Å². The molecule has 108 valence electrons. The monoisotopic (exact) mass is 342 g/mol. The second-order valence-corrected chi connectivity index (χ2v) is 13.2. The maximum Gasteiger partial charge on any atom is 0.192 e. The third kappa shape index (κ3) is 4.43. The van der Waals surface area contributed by atoms with Gasteiger partial charge in [0.05, 0.1) is 0 Å². The first kappa shape index (κ1) is 16.9. The fraction of sp³-hybridized carbons (Fsp3) is 0.625. The van der Waals surface area contributed by atoms with Crippen molar-refractivity contribution in [3.05, 3.63) is 34.3 Å². The molecule has 0 N–H and O–H groups in total. The van der Waals surface area contributed by atoms with Crippen molar-refractivity contribution >= 4 is 24.2 Å². The molecule has 0 bridgehead atoms. The third-order valence-corrected chi connectivity index (χ3v) is 9.18. The summed E-state index contributed by atoms with van der Waals surface area (Å²) in [5.74, 6) is 0. The Morgan fingerprint density at radius 2 is 1.68 bits per heavy atom. The van der Waals surface area contributed by atoms with Gasteiger partial charge in [-0.1, -0.05) is 62.7 Å². The number of rotatable bonds is 4. The van der Waals surface area contributed by atoms with Crippen LogP contribution in [0.15, 0.2) is 28.7 Å². The summed E-state index contributed by atoms with van der Waals surface area (Å²) in [6.45, 7) is 16.7. The summed E-state index contributed by atoms with van der Waals surface area (Å²) in [6.07, 6.45) is 0. The average molecular weight is 343 g/mol. The Balaban J connectivity index is 2.82. The lowest BCUT2D eigenvalue weighted by Gasteiger charge is -2.39. The Morgan fingerprint density at radius 3 is 2.16 bits per heavy atom. The first-order valence-corrected chi connectivity index (χ1v) is 10.6. The average Bonchev–Trinajstić information content (AvgIpc) is 2.25. The molecule has 1 aromatic rings. The van der Waals surface area contributed by atoms with Crippen molar-refractivity contribution in [3.8, 4) is 0 Å². The molecule has 0 fully saturated rings. The summed E-state index contributed by atoms with van der Waals surface area (Å²) < 4.78 is 7.51. The normalized spacial score (nSPS) is 13.7. The zero-order valence-electron chi connectivity index (χ0n) is 13.3. The van der Waals surface area contributed by atoms with E-state index in [0.717, 1.165) is 11.1 Å². The van der Waals surface area contributed by atoms with Gasteiger partial charge in [-0.05, 0) is 35.8 Å². The highest BCUT2D eigenvalue weighted by Gasteiger charge is 2.38. The summed E-state index contributed by atoms with van der Waals surface area (Å²) in [5, 5.41) is 0.264. The van der Waals surface area contributed by atoms with E-state index in [1.165, 1.54) is 5.56 Å². The Hall–Kier alpha value is -0.123. The van der Waals surface area contributed by atoms with Crippen LogP contribution < -0.4 is 0 Å². The number of benzene rings is 1. The quantitative estimate of drug-likeness (QED) is 0.633. The van der Waals surface area contributed by atoms with Gasteiger partial charge in [-0.25, -0.2) is 0 Å². The SMILES string of the molecule is CC(C)(CO[Si](C)(C)C(C)(C)C)c1cccc(Br)c1. The first-order chi connectivity index (χ1) is 8.46. The second kappa shape index (κ2) is 5.70. The zero-order valence-corrected chi connectivity index (χ0v) is 15.9. The van der Waals surface area contributed by atoms with Gasteiger partial charge in [0, 0.05) is 16.5 Å². The van der Waals surface area contributed by atoms with E-state index >= 15 is 0 Å². The summed E-state index contributed by atoms with van der Waals surface area (Å²) in [4.78, 5) is 0. The molecule has 1 rings (SSSR count). The summed E-state index contributed by atoms with van der Waals surface area (Å²) in [5.41, 5.74) is 1.36. The minimum Gasteiger partial charge on any atom is -0.416 e. The molecule has 0 aromatic heterocycles. The van der Waals surface area contributed by atoms with Gasteiger partial charge in [0.25, 0.3) is 0 Å². The molecule has 0 saturated heterocycles. The van der Waals surface area contributed by atoms with Crippen molar-refractivity contribution in [1.29, 1.82) is 0 Å². The molecule has 19 heavy (non-hydrogen) atoms. The molecule has 0 saturated carbocycles. The van der Waals surface area contributed by atoms with Crippen molar-refractivity contribution < 1.29 is 4.43 Å². The number of halogens is 1. The summed E-state index contributed by atoms with van der Waals surface area (Å²) in [6, 6.07) is 8.52. The van der Waals surface area contributed by atoms with Crippen LogP contribution in [0.2, 0.25) is 18.1 Å². The second-order valence-electron chi connectivity index (χ2n) is 7.44. The molecule has 0 atom stereocenters. The van der Waals surface area contributed by atoms with E-state index < -0.39 is 8.32 Å². The van der Waals surface area contributed by atoms with Crippen molar-refractivity contribution in [2.24, 2.45) is 0 Å². The van der Waals surface area contributed by atoms with Crippen LogP contribution >= 0.6 is 15.9 Å². The predicted octanol–water partition coefficient (Wildman–Crippen LogP) is 5.75. The highest BCUT2D eigenvalue weighted by atomic mass is 79.9. The third-order valence-electron chi connectivity index (χ3n) is 4.21. The van der Waals surface area contributed by atoms with E-state index in [-0.39, 0.29) is 10.5 Å². The Bertz CT molecular complexity index is 433. The fourth-order valence-electron chi connectivity index (χ4n) is 1.57. The number of hydrogen-bond acceptors (Lipinski definition) is 1. The minimum absolute atomic E-state index is 0.0410. The van der Waals surface area contributed by atoms with Crippen LogP contribution in [-0.4, -0.2) is 14.9 Å². The standard InChI is InChI=1S/C16H27BrOSi/c1-15(2,3)19(6,7)18-12-16(4,5)13-9-8-10-14(17)11-13/h8-11H,12H2,1-7H3. The van der Waals surface area contributed by atoms with Crippen molar-refractivity contribution in [1.82, 2.24) is 0 Å². The van der Waals surface area contributed by atoms with Crippen LogP contribution in [-0.2, 0) is 9.84 Å². The highest BCUT2D eigenvalue weighted by molar-refractivity contribution is 9.10. The van der Waals surface area contributed by atoms with E-state index in [1.54, 1.807) is 0 Å². The van der Waals surface area contributed by atoms with Crippen LogP contribution in [0.4, 0.5) is 0 Å². The van der Waals surface area contributed by atoms with Crippen LogP contribution in [0.1, 0.15) is 40.2 Å². The van der Waals surface area contributed by atoms with E-state index in [2.05, 4.69) is 87.9 Å². The van der Waals surface area contributed by atoms with Gasteiger partial charge in [0.1, 0.15) is 0 Å². The lowest BCUT2D eigenvalue weighted by Crippen LogP contribution is -2.43. The van der Waals surface area contributed by atoms with Crippen molar-refractivity contribution in [3.63, 3.8) is 0 Å². The maximum absolute atomic E-state index is 6.38. The number of hydrogen-bond donors (Lipinski definition) is 0. The topological polar surface area (TPSA) is 9.23 Å². The Labute approximate surface area is 128 Å². The van der Waals surface area contributed by atoms with Gasteiger partial charge in [-0.15, -0.1) is 0 Å². The molecular weight excluding hydrogens is 316 g/mol. The van der Waals surface area contributed by atoms with Gasteiger partial charge in [0.2, 0.25) is 0 Å². The fourth-order valence-corrected chi connectivity index (χ4v) is 3.12. The largest absolute Gasteiger partial charge is 0.416 e. The first-order valence-electron chi connectivity index (χ1n) is 6.86. The van der Waals surface area contributed by atoms with Gasteiger partial charge in [-0.3, -0.25) is 0 Å². The maximum atomic E-state index is 6.38. The molecule has 3 heteroatoms. The smallest absolute Gasteiger partial charge is 0.192 e. The lowest BCUT2D eigenvalue weighted by molar-refractivity contribution is 0.220.